The van der Waals surface area contributed by atoms with Crippen LogP contribution in [0.1, 0.15) is 36.3 Å². The number of carbonyl (C=O) groups excluding carboxylic acids is 1. The Hall–Kier alpha value is -1.36. The third-order valence-electron chi connectivity index (χ3n) is 3.46. The monoisotopic (exact) mass is 251 g/mol. The van der Waals surface area contributed by atoms with Gasteiger partial charge in [-0.1, -0.05) is 5.16 Å². The first-order valence-electron chi connectivity index (χ1n) is 6.58. The van der Waals surface area contributed by atoms with E-state index in [1.807, 2.05) is 13.8 Å². The molecule has 0 aromatic carbocycles. The Morgan fingerprint density at radius 3 is 3.00 bits per heavy atom. The number of hydrogen-bond donors (Lipinski definition) is 2. The van der Waals surface area contributed by atoms with Crippen LogP contribution in [-0.2, 0) is 11.2 Å². The lowest BCUT2D eigenvalue weighted by Crippen LogP contribution is -2.36. The molecule has 2 N–H and O–H groups in total. The van der Waals surface area contributed by atoms with Crippen LogP contribution in [0.15, 0.2) is 4.52 Å². The Morgan fingerprint density at radius 2 is 2.28 bits per heavy atom. The first kappa shape index (κ1) is 13.1. The predicted octanol–water partition coefficient (Wildman–Crippen LogP) is 1.09. The van der Waals surface area contributed by atoms with E-state index in [9.17, 15) is 4.79 Å². The highest BCUT2D eigenvalue weighted by Crippen LogP contribution is 2.13. The standard InChI is InChI=1S/C13H21N3O2/c1-9-12(10(2)18-16-9)8-13(17)15-11-4-3-6-14-7-5-11/h11,14H,3-8H2,1-2H3,(H,15,17). The highest BCUT2D eigenvalue weighted by Gasteiger charge is 2.17. The van der Waals surface area contributed by atoms with Gasteiger partial charge in [-0.3, -0.25) is 4.79 Å². The Morgan fingerprint density at radius 1 is 1.44 bits per heavy atom. The zero-order chi connectivity index (χ0) is 13.0. The summed E-state index contributed by atoms with van der Waals surface area (Å²) in [4.78, 5) is 12.0. The number of aryl methyl sites for hydroxylation is 2. The van der Waals surface area contributed by atoms with Gasteiger partial charge in [0.05, 0.1) is 12.1 Å². The summed E-state index contributed by atoms with van der Waals surface area (Å²) >= 11 is 0. The fourth-order valence-electron chi connectivity index (χ4n) is 2.36. The molecule has 0 bridgehead atoms. The normalized spacial score (nSPS) is 20.4. The smallest absolute Gasteiger partial charge is 0.224 e. The lowest BCUT2D eigenvalue weighted by Gasteiger charge is -2.15. The zero-order valence-electron chi connectivity index (χ0n) is 11.1. The summed E-state index contributed by atoms with van der Waals surface area (Å²) in [6, 6.07) is 0.299. The maximum Gasteiger partial charge on any atom is 0.224 e. The van der Waals surface area contributed by atoms with Crippen molar-refractivity contribution in [3.63, 3.8) is 0 Å². The number of aromatic nitrogens is 1. The molecule has 0 radical (unpaired) electrons. The molecule has 5 heteroatoms. The third kappa shape index (κ3) is 3.32. The number of nitrogens with one attached hydrogen (secondary N) is 2. The van der Waals surface area contributed by atoms with Gasteiger partial charge in [0, 0.05) is 11.6 Å². The second-order valence-electron chi connectivity index (χ2n) is 4.92. The topological polar surface area (TPSA) is 67.2 Å². The van der Waals surface area contributed by atoms with E-state index < -0.39 is 0 Å². The second kappa shape index (κ2) is 6.00. The average molecular weight is 251 g/mol. The van der Waals surface area contributed by atoms with Gasteiger partial charge in [-0.2, -0.15) is 0 Å². The molecule has 1 fully saturated rings. The largest absolute Gasteiger partial charge is 0.361 e. The summed E-state index contributed by atoms with van der Waals surface area (Å²) in [7, 11) is 0. The first-order chi connectivity index (χ1) is 8.66. The van der Waals surface area contributed by atoms with Gasteiger partial charge in [0.2, 0.25) is 5.91 Å². The van der Waals surface area contributed by atoms with E-state index in [1.165, 1.54) is 0 Å². The summed E-state index contributed by atoms with van der Waals surface area (Å²) in [5, 5.41) is 10.3. The lowest BCUT2D eigenvalue weighted by atomic mass is 10.1. The van der Waals surface area contributed by atoms with E-state index in [-0.39, 0.29) is 5.91 Å². The predicted molar refractivity (Wildman–Crippen MR) is 68.3 cm³/mol. The minimum Gasteiger partial charge on any atom is -0.361 e. The number of rotatable bonds is 3. The molecule has 2 rings (SSSR count). The summed E-state index contributed by atoms with van der Waals surface area (Å²) in [6.07, 6.45) is 3.55. The fourth-order valence-corrected chi connectivity index (χ4v) is 2.36. The molecule has 1 aliphatic heterocycles. The van der Waals surface area contributed by atoms with Crippen molar-refractivity contribution >= 4 is 5.91 Å². The summed E-state index contributed by atoms with van der Waals surface area (Å²) in [6.45, 7) is 5.75. The van der Waals surface area contributed by atoms with Crippen molar-refractivity contribution in [3.05, 3.63) is 17.0 Å². The van der Waals surface area contributed by atoms with Crippen molar-refractivity contribution in [1.29, 1.82) is 0 Å². The number of amides is 1. The van der Waals surface area contributed by atoms with Crippen LogP contribution in [0.5, 0.6) is 0 Å². The fraction of sp³-hybridized carbons (Fsp3) is 0.692. The van der Waals surface area contributed by atoms with Gasteiger partial charge in [-0.15, -0.1) is 0 Å². The van der Waals surface area contributed by atoms with Crippen LogP contribution in [-0.4, -0.2) is 30.2 Å². The van der Waals surface area contributed by atoms with E-state index in [0.717, 1.165) is 49.4 Å². The summed E-state index contributed by atoms with van der Waals surface area (Å²) in [5.74, 6) is 0.807. The molecule has 18 heavy (non-hydrogen) atoms. The van der Waals surface area contributed by atoms with Gasteiger partial charge < -0.3 is 15.2 Å². The van der Waals surface area contributed by atoms with Gasteiger partial charge in [0.25, 0.3) is 0 Å². The molecule has 1 saturated heterocycles. The molecule has 1 atom stereocenters. The maximum absolute atomic E-state index is 12.0. The highest BCUT2D eigenvalue weighted by molar-refractivity contribution is 5.79. The van der Waals surface area contributed by atoms with E-state index in [2.05, 4.69) is 15.8 Å². The molecule has 1 aromatic rings. The van der Waals surface area contributed by atoms with Gasteiger partial charge in [0.1, 0.15) is 5.76 Å². The Kier molecular flexibility index (Phi) is 4.36. The molecule has 0 aliphatic carbocycles. The molecular formula is C13H21N3O2. The van der Waals surface area contributed by atoms with E-state index in [0.29, 0.717) is 12.5 Å². The molecule has 100 valence electrons. The van der Waals surface area contributed by atoms with Gasteiger partial charge >= 0.3 is 0 Å². The van der Waals surface area contributed by atoms with E-state index in [4.69, 9.17) is 4.52 Å². The molecule has 1 unspecified atom stereocenters. The molecule has 2 heterocycles. The quantitative estimate of drug-likeness (QED) is 0.844. The second-order valence-corrected chi connectivity index (χ2v) is 4.92. The van der Waals surface area contributed by atoms with E-state index in [1.54, 1.807) is 0 Å². The van der Waals surface area contributed by atoms with Crippen molar-refractivity contribution in [2.75, 3.05) is 13.1 Å². The maximum atomic E-state index is 12.0. The van der Waals surface area contributed by atoms with Crippen molar-refractivity contribution in [2.24, 2.45) is 0 Å². The van der Waals surface area contributed by atoms with Crippen LogP contribution in [0, 0.1) is 13.8 Å². The van der Waals surface area contributed by atoms with Crippen molar-refractivity contribution in [3.8, 4) is 0 Å². The van der Waals surface area contributed by atoms with Crippen molar-refractivity contribution in [2.45, 2.75) is 45.6 Å². The van der Waals surface area contributed by atoms with Crippen molar-refractivity contribution in [1.82, 2.24) is 15.8 Å². The van der Waals surface area contributed by atoms with Crippen LogP contribution in [0.4, 0.5) is 0 Å². The SMILES string of the molecule is Cc1noc(C)c1CC(=O)NC1CCCNCC1. The Labute approximate surface area is 107 Å². The van der Waals surface area contributed by atoms with Crippen LogP contribution in [0.3, 0.4) is 0 Å². The minimum atomic E-state index is 0.0660. The number of carbonyl (C=O) groups is 1. The van der Waals surface area contributed by atoms with Crippen LogP contribution in [0.2, 0.25) is 0 Å². The minimum absolute atomic E-state index is 0.0660. The third-order valence-corrected chi connectivity index (χ3v) is 3.46. The Balaban J connectivity index is 1.88. The zero-order valence-corrected chi connectivity index (χ0v) is 11.1. The molecular weight excluding hydrogens is 230 g/mol. The molecule has 1 aliphatic rings. The first-order valence-corrected chi connectivity index (χ1v) is 6.58. The van der Waals surface area contributed by atoms with Gasteiger partial charge in [-0.25, -0.2) is 0 Å². The highest BCUT2D eigenvalue weighted by atomic mass is 16.5. The molecule has 1 amide bonds. The number of hydrogen-bond acceptors (Lipinski definition) is 4. The summed E-state index contributed by atoms with van der Waals surface area (Å²) in [5.41, 5.74) is 1.73. The summed E-state index contributed by atoms with van der Waals surface area (Å²) < 4.78 is 5.07. The van der Waals surface area contributed by atoms with Crippen LogP contribution in [0.25, 0.3) is 0 Å². The average Bonchev–Trinajstić information content (AvgIpc) is 2.59. The molecule has 0 spiro atoms. The van der Waals surface area contributed by atoms with Gasteiger partial charge in [-0.05, 0) is 46.2 Å². The molecule has 1 aromatic heterocycles. The van der Waals surface area contributed by atoms with Crippen LogP contribution >= 0.6 is 0 Å². The van der Waals surface area contributed by atoms with E-state index >= 15 is 0 Å². The molecule has 5 nitrogen and oxygen atoms in total. The van der Waals surface area contributed by atoms with Gasteiger partial charge in [0.15, 0.2) is 0 Å². The Bertz CT molecular complexity index is 387. The molecule has 0 saturated carbocycles. The van der Waals surface area contributed by atoms with Crippen molar-refractivity contribution < 1.29 is 9.32 Å². The van der Waals surface area contributed by atoms with Crippen LogP contribution < -0.4 is 10.6 Å². The number of nitrogens with zero attached hydrogens (tertiary/aromatic N) is 1. The lowest BCUT2D eigenvalue weighted by molar-refractivity contribution is -0.121.